The molecule has 0 aromatic heterocycles. The van der Waals surface area contributed by atoms with Crippen LogP contribution in [0.1, 0.15) is 12.0 Å². The van der Waals surface area contributed by atoms with Gasteiger partial charge in [-0.1, -0.05) is 64.5 Å². The lowest BCUT2D eigenvalue weighted by atomic mass is 10.1. The molecule has 0 aliphatic heterocycles. The predicted molar refractivity (Wildman–Crippen MR) is 62.0 cm³/mol. The zero-order chi connectivity index (χ0) is 9.36. The van der Waals surface area contributed by atoms with Gasteiger partial charge in [0.1, 0.15) is 0 Å². The number of rotatable bonds is 4. The topological polar surface area (TPSA) is 0 Å². The molecule has 1 heteroatoms. The van der Waals surface area contributed by atoms with E-state index in [1.165, 1.54) is 5.56 Å². The number of hydrogen-bond donors (Lipinski definition) is 0. The van der Waals surface area contributed by atoms with E-state index in [2.05, 4.69) is 52.3 Å². The SMILES string of the molecule is Br/C=C/C=C\CCc1ccccc1. The van der Waals surface area contributed by atoms with Gasteiger partial charge in [0, 0.05) is 0 Å². The lowest BCUT2D eigenvalue weighted by molar-refractivity contribution is 1.00. The van der Waals surface area contributed by atoms with Crippen LogP contribution >= 0.6 is 15.9 Å². The smallest absolute Gasteiger partial charge is 0.0189 e. The first kappa shape index (κ1) is 10.3. The van der Waals surface area contributed by atoms with Crippen molar-refractivity contribution in [3.05, 3.63) is 59.1 Å². The Balaban J connectivity index is 2.28. The van der Waals surface area contributed by atoms with Crippen LogP contribution < -0.4 is 0 Å². The highest BCUT2D eigenvalue weighted by Crippen LogP contribution is 2.02. The summed E-state index contributed by atoms with van der Waals surface area (Å²) in [4.78, 5) is 1.85. The van der Waals surface area contributed by atoms with Gasteiger partial charge in [-0.05, 0) is 23.4 Å². The molecule has 0 spiro atoms. The Kier molecular flexibility index (Phi) is 5.27. The highest BCUT2D eigenvalue weighted by atomic mass is 79.9. The van der Waals surface area contributed by atoms with Gasteiger partial charge in [0.25, 0.3) is 0 Å². The lowest BCUT2D eigenvalue weighted by Gasteiger charge is -1.95. The third-order valence-corrected chi connectivity index (χ3v) is 2.07. The van der Waals surface area contributed by atoms with E-state index >= 15 is 0 Å². The average Bonchev–Trinajstić information content (AvgIpc) is 2.19. The molecule has 0 N–H and O–H groups in total. The quantitative estimate of drug-likeness (QED) is 0.692. The minimum Gasteiger partial charge on any atom is -0.0842 e. The fourth-order valence-electron chi connectivity index (χ4n) is 1.11. The van der Waals surface area contributed by atoms with Crippen LogP contribution in [0.25, 0.3) is 0 Å². The molecule has 0 fully saturated rings. The summed E-state index contributed by atoms with van der Waals surface area (Å²) in [6.45, 7) is 0. The summed E-state index contributed by atoms with van der Waals surface area (Å²) >= 11 is 3.21. The van der Waals surface area contributed by atoms with Crippen LogP contribution in [0.15, 0.2) is 53.5 Å². The summed E-state index contributed by atoms with van der Waals surface area (Å²) in [7, 11) is 0. The van der Waals surface area contributed by atoms with Crippen LogP contribution in [0.2, 0.25) is 0 Å². The maximum atomic E-state index is 3.21. The zero-order valence-electron chi connectivity index (χ0n) is 7.49. The second kappa shape index (κ2) is 6.67. The maximum absolute atomic E-state index is 3.21. The van der Waals surface area contributed by atoms with E-state index in [1.54, 1.807) is 0 Å². The first-order valence-corrected chi connectivity index (χ1v) is 5.31. The van der Waals surface area contributed by atoms with Gasteiger partial charge in [-0.25, -0.2) is 0 Å². The van der Waals surface area contributed by atoms with Crippen molar-refractivity contribution in [3.63, 3.8) is 0 Å². The van der Waals surface area contributed by atoms with Crippen molar-refractivity contribution in [3.8, 4) is 0 Å². The number of hydrogen-bond acceptors (Lipinski definition) is 0. The predicted octanol–water partition coefficient (Wildman–Crippen LogP) is 4.08. The molecule has 1 aromatic rings. The summed E-state index contributed by atoms with van der Waals surface area (Å²) in [6, 6.07) is 10.5. The molecule has 0 saturated heterocycles. The van der Waals surface area contributed by atoms with E-state index in [0.717, 1.165) is 12.8 Å². The summed E-state index contributed by atoms with van der Waals surface area (Å²) in [5, 5.41) is 0. The highest BCUT2D eigenvalue weighted by Gasteiger charge is 1.86. The van der Waals surface area contributed by atoms with Crippen molar-refractivity contribution in [2.75, 3.05) is 0 Å². The highest BCUT2D eigenvalue weighted by molar-refractivity contribution is 9.11. The number of allylic oxidation sites excluding steroid dienone is 3. The van der Waals surface area contributed by atoms with Crippen molar-refractivity contribution in [1.29, 1.82) is 0 Å². The summed E-state index contributed by atoms with van der Waals surface area (Å²) in [5.74, 6) is 0. The Labute approximate surface area is 88.1 Å². The van der Waals surface area contributed by atoms with Crippen molar-refractivity contribution in [1.82, 2.24) is 0 Å². The van der Waals surface area contributed by atoms with Crippen LogP contribution in [0.5, 0.6) is 0 Å². The normalized spacial score (nSPS) is 11.5. The van der Waals surface area contributed by atoms with Gasteiger partial charge in [-0.15, -0.1) is 0 Å². The van der Waals surface area contributed by atoms with Gasteiger partial charge in [0.15, 0.2) is 0 Å². The van der Waals surface area contributed by atoms with Crippen LogP contribution in [-0.4, -0.2) is 0 Å². The van der Waals surface area contributed by atoms with Crippen molar-refractivity contribution < 1.29 is 0 Å². The van der Waals surface area contributed by atoms with E-state index in [0.29, 0.717) is 0 Å². The molecule has 0 aliphatic carbocycles. The molecule has 1 rings (SSSR count). The Hall–Kier alpha value is -0.820. The zero-order valence-corrected chi connectivity index (χ0v) is 9.07. The van der Waals surface area contributed by atoms with Gasteiger partial charge in [0.05, 0.1) is 0 Å². The van der Waals surface area contributed by atoms with E-state index in [9.17, 15) is 0 Å². The van der Waals surface area contributed by atoms with Crippen molar-refractivity contribution in [2.24, 2.45) is 0 Å². The fraction of sp³-hybridized carbons (Fsp3) is 0.167. The maximum Gasteiger partial charge on any atom is -0.0189 e. The van der Waals surface area contributed by atoms with Gasteiger partial charge < -0.3 is 0 Å². The molecule has 0 aliphatic rings. The molecule has 13 heavy (non-hydrogen) atoms. The Morgan fingerprint density at radius 1 is 1.08 bits per heavy atom. The molecule has 0 heterocycles. The van der Waals surface area contributed by atoms with E-state index in [1.807, 2.05) is 17.1 Å². The van der Waals surface area contributed by atoms with Crippen LogP contribution in [0.4, 0.5) is 0 Å². The molecule has 0 unspecified atom stereocenters. The monoisotopic (exact) mass is 236 g/mol. The van der Waals surface area contributed by atoms with Gasteiger partial charge in [-0.3, -0.25) is 0 Å². The minimum absolute atomic E-state index is 1.10. The third kappa shape index (κ3) is 4.69. The number of benzene rings is 1. The first-order valence-electron chi connectivity index (χ1n) is 4.39. The molecule has 0 nitrogen and oxygen atoms in total. The Morgan fingerprint density at radius 2 is 1.85 bits per heavy atom. The molecule has 68 valence electrons. The summed E-state index contributed by atoms with van der Waals surface area (Å²) in [6.07, 6.45) is 8.42. The van der Waals surface area contributed by atoms with Gasteiger partial charge >= 0.3 is 0 Å². The standard InChI is InChI=1S/C12H13Br/c13-11-7-2-1-4-8-12-9-5-3-6-10-12/h1-3,5-7,9-11H,4,8H2/b2-1-,11-7+. The van der Waals surface area contributed by atoms with E-state index < -0.39 is 0 Å². The molecular weight excluding hydrogens is 224 g/mol. The van der Waals surface area contributed by atoms with Crippen molar-refractivity contribution >= 4 is 15.9 Å². The molecule has 0 amide bonds. The lowest BCUT2D eigenvalue weighted by Crippen LogP contribution is -1.80. The second-order valence-corrected chi connectivity index (χ2v) is 3.30. The molecule has 1 aromatic carbocycles. The summed E-state index contributed by atoms with van der Waals surface area (Å²) < 4.78 is 0. The Morgan fingerprint density at radius 3 is 2.54 bits per heavy atom. The molecule has 0 radical (unpaired) electrons. The van der Waals surface area contributed by atoms with Gasteiger partial charge in [-0.2, -0.15) is 0 Å². The molecule has 0 saturated carbocycles. The van der Waals surface area contributed by atoms with E-state index in [-0.39, 0.29) is 0 Å². The molecule has 0 bridgehead atoms. The van der Waals surface area contributed by atoms with Crippen molar-refractivity contribution in [2.45, 2.75) is 12.8 Å². The third-order valence-electron chi connectivity index (χ3n) is 1.76. The van der Waals surface area contributed by atoms with Crippen LogP contribution in [-0.2, 0) is 6.42 Å². The van der Waals surface area contributed by atoms with Gasteiger partial charge in [0.2, 0.25) is 0 Å². The summed E-state index contributed by atoms with van der Waals surface area (Å²) in [5.41, 5.74) is 1.40. The van der Waals surface area contributed by atoms with E-state index in [4.69, 9.17) is 0 Å². The number of aryl methyl sites for hydroxylation is 1. The minimum atomic E-state index is 1.10. The largest absolute Gasteiger partial charge is 0.0842 e. The second-order valence-electron chi connectivity index (χ2n) is 2.77. The number of halogens is 1. The molecular formula is C12H13Br. The fourth-order valence-corrected chi connectivity index (χ4v) is 1.29. The first-order chi connectivity index (χ1) is 6.43. The van der Waals surface area contributed by atoms with Crippen LogP contribution in [0, 0.1) is 0 Å². The average molecular weight is 237 g/mol. The van der Waals surface area contributed by atoms with Crippen LogP contribution in [0.3, 0.4) is 0 Å². The molecule has 0 atom stereocenters. The Bertz CT molecular complexity index is 272.